The van der Waals surface area contributed by atoms with E-state index in [2.05, 4.69) is 10.6 Å². The third-order valence-electron chi connectivity index (χ3n) is 4.36. The van der Waals surface area contributed by atoms with Crippen LogP contribution in [0.3, 0.4) is 0 Å². The van der Waals surface area contributed by atoms with Crippen molar-refractivity contribution in [3.63, 3.8) is 0 Å². The van der Waals surface area contributed by atoms with Gasteiger partial charge in [-0.25, -0.2) is 0 Å². The number of hydrogen-bond acceptors (Lipinski definition) is 4. The monoisotopic (exact) mass is 401 g/mol. The molecule has 0 radical (unpaired) electrons. The van der Waals surface area contributed by atoms with Crippen LogP contribution in [0.4, 0.5) is 5.69 Å². The average Bonchev–Trinajstić information content (AvgIpc) is 2.72. The fraction of sp³-hybridized carbons (Fsp3) is 0.250. The SMILES string of the molecule is CNC(=O)[C@H]1CN(C(=O)CCNC(=O)c2ccccc2Cl)c2ccccc2O1. The van der Waals surface area contributed by atoms with E-state index in [0.717, 1.165) is 0 Å². The number of para-hydroxylation sites is 2. The number of halogens is 1. The Morgan fingerprint density at radius 1 is 1.14 bits per heavy atom. The zero-order chi connectivity index (χ0) is 20.1. The van der Waals surface area contributed by atoms with Crippen LogP contribution in [-0.4, -0.2) is 44.0 Å². The Morgan fingerprint density at radius 2 is 1.86 bits per heavy atom. The van der Waals surface area contributed by atoms with Crippen LogP contribution in [0.5, 0.6) is 5.75 Å². The van der Waals surface area contributed by atoms with Gasteiger partial charge < -0.3 is 20.3 Å². The summed E-state index contributed by atoms with van der Waals surface area (Å²) in [5.74, 6) is -0.400. The summed E-state index contributed by atoms with van der Waals surface area (Å²) in [6.07, 6.45) is -0.716. The summed E-state index contributed by atoms with van der Waals surface area (Å²) in [6, 6.07) is 13.7. The second kappa shape index (κ2) is 8.75. The number of likely N-dealkylation sites (N-methyl/N-ethyl adjacent to an activating group) is 1. The molecule has 1 aliphatic heterocycles. The minimum Gasteiger partial charge on any atom is -0.477 e. The van der Waals surface area contributed by atoms with Crippen LogP contribution >= 0.6 is 11.6 Å². The van der Waals surface area contributed by atoms with E-state index in [-0.39, 0.29) is 37.2 Å². The number of carbonyl (C=O) groups excluding carboxylic acids is 3. The zero-order valence-corrected chi connectivity index (χ0v) is 16.0. The van der Waals surface area contributed by atoms with Gasteiger partial charge in [-0.2, -0.15) is 0 Å². The minimum atomic E-state index is -0.790. The topological polar surface area (TPSA) is 87.7 Å². The number of ether oxygens (including phenoxy) is 1. The molecular weight excluding hydrogens is 382 g/mol. The van der Waals surface area contributed by atoms with Crippen molar-refractivity contribution in [2.24, 2.45) is 0 Å². The molecule has 2 aromatic rings. The second-order valence-electron chi connectivity index (χ2n) is 6.18. The molecule has 1 aliphatic rings. The van der Waals surface area contributed by atoms with Crippen molar-refractivity contribution in [2.75, 3.05) is 25.0 Å². The molecule has 0 bridgehead atoms. The van der Waals surface area contributed by atoms with Gasteiger partial charge in [0.1, 0.15) is 5.75 Å². The summed E-state index contributed by atoms with van der Waals surface area (Å²) in [7, 11) is 1.52. The van der Waals surface area contributed by atoms with Gasteiger partial charge in [-0.05, 0) is 24.3 Å². The molecule has 1 heterocycles. The van der Waals surface area contributed by atoms with Crippen LogP contribution in [0.15, 0.2) is 48.5 Å². The Labute approximate surface area is 167 Å². The molecule has 3 amide bonds. The van der Waals surface area contributed by atoms with E-state index in [0.29, 0.717) is 22.0 Å². The smallest absolute Gasteiger partial charge is 0.262 e. The molecule has 0 fully saturated rings. The lowest BCUT2D eigenvalue weighted by atomic mass is 10.1. The maximum Gasteiger partial charge on any atom is 0.262 e. The van der Waals surface area contributed by atoms with Gasteiger partial charge in [0, 0.05) is 20.0 Å². The molecule has 28 heavy (non-hydrogen) atoms. The first-order valence-electron chi connectivity index (χ1n) is 8.81. The van der Waals surface area contributed by atoms with Crippen LogP contribution < -0.4 is 20.3 Å². The number of amides is 3. The predicted molar refractivity (Wildman–Crippen MR) is 106 cm³/mol. The van der Waals surface area contributed by atoms with E-state index >= 15 is 0 Å². The maximum atomic E-state index is 12.8. The summed E-state index contributed by atoms with van der Waals surface area (Å²) in [5.41, 5.74) is 0.957. The standard InChI is InChI=1S/C20H20ClN3O4/c1-22-20(27)17-12-24(15-8-4-5-9-16(15)28-17)18(25)10-11-23-19(26)13-6-2-3-7-14(13)21/h2-9,17H,10-12H2,1H3,(H,22,27)(H,23,26)/t17-/m1/s1. The first kappa shape index (κ1) is 19.7. The van der Waals surface area contributed by atoms with E-state index in [4.69, 9.17) is 16.3 Å². The van der Waals surface area contributed by atoms with E-state index in [1.165, 1.54) is 11.9 Å². The van der Waals surface area contributed by atoms with Crippen molar-refractivity contribution in [1.29, 1.82) is 0 Å². The lowest BCUT2D eigenvalue weighted by Crippen LogP contribution is -2.50. The molecule has 146 valence electrons. The van der Waals surface area contributed by atoms with Gasteiger partial charge in [-0.3, -0.25) is 14.4 Å². The molecule has 0 saturated heterocycles. The molecule has 2 N–H and O–H groups in total. The molecule has 0 saturated carbocycles. The molecule has 0 aromatic heterocycles. The van der Waals surface area contributed by atoms with Crippen LogP contribution in [0.2, 0.25) is 5.02 Å². The molecule has 7 nitrogen and oxygen atoms in total. The Bertz CT molecular complexity index is 903. The highest BCUT2D eigenvalue weighted by atomic mass is 35.5. The second-order valence-corrected chi connectivity index (χ2v) is 6.59. The fourth-order valence-electron chi connectivity index (χ4n) is 2.93. The van der Waals surface area contributed by atoms with Crippen molar-refractivity contribution in [1.82, 2.24) is 10.6 Å². The van der Waals surface area contributed by atoms with Crippen LogP contribution in [0.25, 0.3) is 0 Å². The lowest BCUT2D eigenvalue weighted by Gasteiger charge is -2.34. The average molecular weight is 402 g/mol. The van der Waals surface area contributed by atoms with Gasteiger partial charge in [0.2, 0.25) is 5.91 Å². The van der Waals surface area contributed by atoms with Crippen molar-refractivity contribution in [3.8, 4) is 5.75 Å². The number of anilines is 1. The van der Waals surface area contributed by atoms with E-state index in [1.807, 2.05) is 0 Å². The summed E-state index contributed by atoms with van der Waals surface area (Å²) < 4.78 is 5.69. The highest BCUT2D eigenvalue weighted by Gasteiger charge is 2.33. The summed E-state index contributed by atoms with van der Waals surface area (Å²) >= 11 is 6.01. The third kappa shape index (κ3) is 4.26. The number of fused-ring (bicyclic) bond motifs is 1. The first-order valence-corrected chi connectivity index (χ1v) is 9.19. The maximum absolute atomic E-state index is 12.8. The van der Waals surface area contributed by atoms with E-state index in [9.17, 15) is 14.4 Å². The number of carbonyl (C=O) groups is 3. The first-order chi connectivity index (χ1) is 13.5. The summed E-state index contributed by atoms with van der Waals surface area (Å²) in [6.45, 7) is 0.251. The van der Waals surface area contributed by atoms with Crippen molar-refractivity contribution in [2.45, 2.75) is 12.5 Å². The molecule has 0 spiro atoms. The molecular formula is C20H20ClN3O4. The molecule has 0 unspecified atom stereocenters. The number of rotatable bonds is 5. The van der Waals surface area contributed by atoms with Gasteiger partial charge in [0.05, 0.1) is 22.8 Å². The third-order valence-corrected chi connectivity index (χ3v) is 4.69. The molecule has 3 rings (SSSR count). The van der Waals surface area contributed by atoms with Crippen molar-refractivity contribution in [3.05, 3.63) is 59.1 Å². The van der Waals surface area contributed by atoms with Gasteiger partial charge in [0.25, 0.3) is 11.8 Å². The van der Waals surface area contributed by atoms with Crippen LogP contribution in [0.1, 0.15) is 16.8 Å². The Kier molecular flexibility index (Phi) is 6.16. The highest BCUT2D eigenvalue weighted by Crippen LogP contribution is 2.33. The number of benzene rings is 2. The van der Waals surface area contributed by atoms with Crippen LogP contribution in [-0.2, 0) is 9.59 Å². The summed E-state index contributed by atoms with van der Waals surface area (Å²) in [5, 5.41) is 5.58. The van der Waals surface area contributed by atoms with Crippen LogP contribution in [0, 0.1) is 0 Å². The highest BCUT2D eigenvalue weighted by molar-refractivity contribution is 6.33. The predicted octanol–water partition coefficient (Wildman–Crippen LogP) is 2.00. The molecule has 2 aromatic carbocycles. The fourth-order valence-corrected chi connectivity index (χ4v) is 3.15. The Morgan fingerprint density at radius 3 is 2.61 bits per heavy atom. The molecule has 0 aliphatic carbocycles. The number of nitrogens with one attached hydrogen (secondary N) is 2. The minimum absolute atomic E-state index is 0.0744. The van der Waals surface area contributed by atoms with Gasteiger partial charge in [0.15, 0.2) is 6.10 Å². The quantitative estimate of drug-likeness (QED) is 0.802. The largest absolute Gasteiger partial charge is 0.477 e. The number of nitrogens with zero attached hydrogens (tertiary/aromatic N) is 1. The lowest BCUT2D eigenvalue weighted by molar-refractivity contribution is -0.127. The van der Waals surface area contributed by atoms with Gasteiger partial charge in [-0.15, -0.1) is 0 Å². The zero-order valence-electron chi connectivity index (χ0n) is 15.3. The summed E-state index contributed by atoms with van der Waals surface area (Å²) in [4.78, 5) is 38.5. The van der Waals surface area contributed by atoms with Gasteiger partial charge >= 0.3 is 0 Å². The normalized spacial score (nSPS) is 15.2. The van der Waals surface area contributed by atoms with Crippen molar-refractivity contribution >= 4 is 35.0 Å². The van der Waals surface area contributed by atoms with E-state index < -0.39 is 6.10 Å². The Balaban J connectivity index is 1.65. The Hall–Kier alpha value is -3.06. The van der Waals surface area contributed by atoms with Gasteiger partial charge in [-0.1, -0.05) is 35.9 Å². The molecule has 1 atom stereocenters. The number of hydrogen-bond donors (Lipinski definition) is 2. The molecule has 8 heteroatoms. The van der Waals surface area contributed by atoms with E-state index in [1.54, 1.807) is 48.5 Å². The van der Waals surface area contributed by atoms with Crippen molar-refractivity contribution < 1.29 is 19.1 Å².